The van der Waals surface area contributed by atoms with E-state index in [0.29, 0.717) is 17.9 Å². The molecule has 0 fully saturated rings. The summed E-state index contributed by atoms with van der Waals surface area (Å²) in [5.74, 6) is 2.06. The highest BCUT2D eigenvalue weighted by molar-refractivity contribution is 7.99. The first-order valence-electron chi connectivity index (χ1n) is 5.74. The molecule has 1 rings (SSSR count). The summed E-state index contributed by atoms with van der Waals surface area (Å²) in [4.78, 5) is 15.7. The van der Waals surface area contributed by atoms with Crippen molar-refractivity contribution in [2.45, 2.75) is 6.42 Å². The smallest absolute Gasteiger partial charge is 0.255 e. The standard InChI is InChI=1S/C12H18N2O3S/c1-17-11-9-13-4-3-10(11)12(16)14-5-8-18-7-2-6-15/h3-4,9,15H,2,5-8H2,1H3,(H,14,16). The van der Waals surface area contributed by atoms with Crippen molar-refractivity contribution < 1.29 is 14.6 Å². The molecule has 0 aliphatic heterocycles. The van der Waals surface area contributed by atoms with E-state index in [-0.39, 0.29) is 12.5 Å². The molecule has 0 radical (unpaired) electrons. The van der Waals surface area contributed by atoms with E-state index in [1.54, 1.807) is 24.0 Å². The number of rotatable bonds is 8. The monoisotopic (exact) mass is 270 g/mol. The number of hydrogen-bond donors (Lipinski definition) is 2. The number of carbonyl (C=O) groups excluding carboxylic acids is 1. The number of nitrogens with zero attached hydrogens (tertiary/aromatic N) is 1. The molecule has 0 saturated heterocycles. The third-order valence-corrected chi connectivity index (χ3v) is 3.30. The topological polar surface area (TPSA) is 71.5 Å². The fourth-order valence-electron chi connectivity index (χ4n) is 1.33. The molecule has 5 nitrogen and oxygen atoms in total. The van der Waals surface area contributed by atoms with Crippen molar-refractivity contribution in [3.8, 4) is 5.75 Å². The fourth-order valence-corrected chi connectivity index (χ4v) is 2.11. The van der Waals surface area contributed by atoms with Gasteiger partial charge in [0.2, 0.25) is 0 Å². The van der Waals surface area contributed by atoms with Crippen LogP contribution in [0.2, 0.25) is 0 Å². The molecule has 0 unspecified atom stereocenters. The van der Waals surface area contributed by atoms with Crippen LogP contribution in [0, 0.1) is 0 Å². The number of aliphatic hydroxyl groups excluding tert-OH is 1. The van der Waals surface area contributed by atoms with E-state index in [1.165, 1.54) is 13.3 Å². The highest BCUT2D eigenvalue weighted by Crippen LogP contribution is 2.15. The molecular formula is C12H18N2O3S. The molecule has 0 spiro atoms. The zero-order valence-electron chi connectivity index (χ0n) is 10.4. The van der Waals surface area contributed by atoms with E-state index in [1.807, 2.05) is 0 Å². The van der Waals surface area contributed by atoms with Crippen molar-refractivity contribution in [2.75, 3.05) is 31.8 Å². The molecule has 1 amide bonds. The van der Waals surface area contributed by atoms with Crippen LogP contribution in [0.5, 0.6) is 5.75 Å². The SMILES string of the molecule is COc1cnccc1C(=O)NCCSCCCO. The largest absolute Gasteiger partial charge is 0.494 e. The Morgan fingerprint density at radius 2 is 2.39 bits per heavy atom. The molecule has 0 atom stereocenters. The van der Waals surface area contributed by atoms with Crippen LogP contribution in [0.1, 0.15) is 16.8 Å². The number of methoxy groups -OCH3 is 1. The number of pyridine rings is 1. The van der Waals surface area contributed by atoms with Gasteiger partial charge in [-0.1, -0.05) is 0 Å². The summed E-state index contributed by atoms with van der Waals surface area (Å²) in [5, 5.41) is 11.4. The first kappa shape index (κ1) is 14.8. The first-order chi connectivity index (χ1) is 8.79. The Hall–Kier alpha value is -1.27. The second-order valence-electron chi connectivity index (χ2n) is 3.52. The predicted molar refractivity (Wildman–Crippen MR) is 72.2 cm³/mol. The van der Waals surface area contributed by atoms with E-state index in [9.17, 15) is 4.79 Å². The lowest BCUT2D eigenvalue weighted by Crippen LogP contribution is -2.26. The zero-order chi connectivity index (χ0) is 13.2. The van der Waals surface area contributed by atoms with E-state index in [2.05, 4.69) is 10.3 Å². The van der Waals surface area contributed by atoms with Gasteiger partial charge < -0.3 is 15.2 Å². The predicted octanol–water partition coefficient (Wildman–Crippen LogP) is 0.936. The number of carbonyl (C=O) groups is 1. The molecule has 0 aliphatic rings. The molecular weight excluding hydrogens is 252 g/mol. The van der Waals surface area contributed by atoms with Gasteiger partial charge in [-0.2, -0.15) is 11.8 Å². The third-order valence-electron chi connectivity index (χ3n) is 2.23. The summed E-state index contributed by atoms with van der Waals surface area (Å²) < 4.78 is 5.07. The Kier molecular flexibility index (Phi) is 7.20. The van der Waals surface area contributed by atoms with Crippen molar-refractivity contribution in [3.63, 3.8) is 0 Å². The van der Waals surface area contributed by atoms with Gasteiger partial charge >= 0.3 is 0 Å². The van der Waals surface area contributed by atoms with Crippen LogP contribution < -0.4 is 10.1 Å². The van der Waals surface area contributed by atoms with Crippen LogP contribution in [-0.4, -0.2) is 47.8 Å². The molecule has 0 aromatic carbocycles. The van der Waals surface area contributed by atoms with Crippen molar-refractivity contribution >= 4 is 17.7 Å². The average molecular weight is 270 g/mol. The minimum absolute atomic E-state index is 0.156. The minimum atomic E-state index is -0.156. The van der Waals surface area contributed by atoms with Crippen LogP contribution in [0.15, 0.2) is 18.5 Å². The Bertz CT molecular complexity index is 374. The van der Waals surface area contributed by atoms with Gasteiger partial charge in [0, 0.05) is 25.1 Å². The number of ether oxygens (including phenoxy) is 1. The van der Waals surface area contributed by atoms with Gasteiger partial charge in [-0.15, -0.1) is 0 Å². The van der Waals surface area contributed by atoms with Gasteiger partial charge in [-0.05, 0) is 18.2 Å². The third kappa shape index (κ3) is 4.93. The Labute approximate surface area is 111 Å². The van der Waals surface area contributed by atoms with Gasteiger partial charge in [0.05, 0.1) is 18.9 Å². The van der Waals surface area contributed by atoms with Gasteiger partial charge in [-0.25, -0.2) is 0 Å². The molecule has 100 valence electrons. The van der Waals surface area contributed by atoms with Crippen molar-refractivity contribution in [2.24, 2.45) is 0 Å². The second-order valence-corrected chi connectivity index (χ2v) is 4.75. The molecule has 6 heteroatoms. The Balaban J connectivity index is 2.32. The maximum atomic E-state index is 11.8. The maximum absolute atomic E-state index is 11.8. The Morgan fingerprint density at radius 3 is 3.11 bits per heavy atom. The molecule has 0 bridgehead atoms. The van der Waals surface area contributed by atoms with Crippen molar-refractivity contribution in [3.05, 3.63) is 24.0 Å². The lowest BCUT2D eigenvalue weighted by atomic mass is 10.2. The van der Waals surface area contributed by atoms with Crippen LogP contribution in [0.3, 0.4) is 0 Å². The molecule has 1 aromatic rings. The lowest BCUT2D eigenvalue weighted by Gasteiger charge is -2.08. The van der Waals surface area contributed by atoms with Crippen LogP contribution in [0.4, 0.5) is 0 Å². The number of thioether (sulfide) groups is 1. The average Bonchev–Trinajstić information content (AvgIpc) is 2.42. The molecule has 18 heavy (non-hydrogen) atoms. The lowest BCUT2D eigenvalue weighted by molar-refractivity contribution is 0.0953. The van der Waals surface area contributed by atoms with Crippen molar-refractivity contribution in [1.82, 2.24) is 10.3 Å². The molecule has 0 aliphatic carbocycles. The van der Waals surface area contributed by atoms with E-state index >= 15 is 0 Å². The molecule has 2 N–H and O–H groups in total. The van der Waals surface area contributed by atoms with Gasteiger partial charge in [-0.3, -0.25) is 9.78 Å². The maximum Gasteiger partial charge on any atom is 0.255 e. The molecule has 0 saturated carbocycles. The number of nitrogens with one attached hydrogen (secondary N) is 1. The van der Waals surface area contributed by atoms with Crippen LogP contribution >= 0.6 is 11.8 Å². The second kappa shape index (κ2) is 8.77. The number of amides is 1. The van der Waals surface area contributed by atoms with E-state index in [4.69, 9.17) is 9.84 Å². The molecule has 1 heterocycles. The molecule has 1 aromatic heterocycles. The van der Waals surface area contributed by atoms with Crippen molar-refractivity contribution in [1.29, 1.82) is 0 Å². The van der Waals surface area contributed by atoms with Gasteiger partial charge in [0.15, 0.2) is 0 Å². The summed E-state index contributed by atoms with van der Waals surface area (Å²) in [5.41, 5.74) is 0.493. The van der Waals surface area contributed by atoms with Gasteiger partial charge in [0.1, 0.15) is 5.75 Å². The van der Waals surface area contributed by atoms with Crippen LogP contribution in [-0.2, 0) is 0 Å². The summed E-state index contributed by atoms with van der Waals surface area (Å²) in [6.45, 7) is 0.813. The Morgan fingerprint density at radius 1 is 1.56 bits per heavy atom. The normalized spacial score (nSPS) is 10.1. The number of aliphatic hydroxyl groups is 1. The van der Waals surface area contributed by atoms with E-state index < -0.39 is 0 Å². The summed E-state index contributed by atoms with van der Waals surface area (Å²) in [7, 11) is 1.51. The highest BCUT2D eigenvalue weighted by Gasteiger charge is 2.10. The fraction of sp³-hybridized carbons (Fsp3) is 0.500. The number of hydrogen-bond acceptors (Lipinski definition) is 5. The summed E-state index contributed by atoms with van der Waals surface area (Å²) in [6.07, 6.45) is 3.87. The van der Waals surface area contributed by atoms with E-state index in [0.717, 1.165) is 17.9 Å². The zero-order valence-corrected chi connectivity index (χ0v) is 11.2. The van der Waals surface area contributed by atoms with Crippen LogP contribution in [0.25, 0.3) is 0 Å². The number of aromatic nitrogens is 1. The summed E-state index contributed by atoms with van der Waals surface area (Å²) >= 11 is 1.71. The minimum Gasteiger partial charge on any atom is -0.494 e. The van der Waals surface area contributed by atoms with Gasteiger partial charge in [0.25, 0.3) is 5.91 Å². The first-order valence-corrected chi connectivity index (χ1v) is 6.90. The quantitative estimate of drug-likeness (QED) is 0.688. The summed E-state index contributed by atoms with van der Waals surface area (Å²) in [6, 6.07) is 1.63. The highest BCUT2D eigenvalue weighted by atomic mass is 32.2.